The molecule has 3 aromatic rings. The summed E-state index contributed by atoms with van der Waals surface area (Å²) in [7, 11) is -4.16. The number of anilines is 1. The SMILES string of the molecule is CCC(C(=O)NC1CCCC1)N(CCc1ccccc1)C(=O)CN(c1ccc2c(c1)OCCO2)S(=O)(=O)c1ccccc1. The van der Waals surface area contributed by atoms with Crippen LogP contribution in [0.25, 0.3) is 0 Å². The van der Waals surface area contributed by atoms with Crippen molar-refractivity contribution in [3.63, 3.8) is 0 Å². The first-order chi connectivity index (χ1) is 20.9. The summed E-state index contributed by atoms with van der Waals surface area (Å²) in [5, 5.41) is 3.14. The molecule has 1 fully saturated rings. The lowest BCUT2D eigenvalue weighted by Gasteiger charge is -2.34. The van der Waals surface area contributed by atoms with Crippen LogP contribution in [-0.4, -0.2) is 63.5 Å². The van der Waals surface area contributed by atoms with E-state index in [4.69, 9.17) is 9.47 Å². The van der Waals surface area contributed by atoms with Gasteiger partial charge in [-0.05, 0) is 55.5 Å². The number of rotatable bonds is 12. The zero-order valence-electron chi connectivity index (χ0n) is 24.5. The van der Waals surface area contributed by atoms with Gasteiger partial charge in [-0.1, -0.05) is 68.3 Å². The van der Waals surface area contributed by atoms with Crippen molar-refractivity contribution in [3.8, 4) is 11.5 Å². The third-order valence-corrected chi connectivity index (χ3v) is 9.78. The highest BCUT2D eigenvalue weighted by atomic mass is 32.2. The van der Waals surface area contributed by atoms with Crippen LogP contribution in [0.5, 0.6) is 11.5 Å². The van der Waals surface area contributed by atoms with Gasteiger partial charge in [-0.25, -0.2) is 8.42 Å². The highest BCUT2D eigenvalue weighted by Crippen LogP contribution is 2.36. The number of carbonyl (C=O) groups excluding carboxylic acids is 2. The minimum atomic E-state index is -4.16. The highest BCUT2D eigenvalue weighted by Gasteiger charge is 2.34. The fourth-order valence-electron chi connectivity index (χ4n) is 5.70. The number of nitrogens with one attached hydrogen (secondary N) is 1. The van der Waals surface area contributed by atoms with Gasteiger partial charge in [0.05, 0.1) is 10.6 Å². The summed E-state index contributed by atoms with van der Waals surface area (Å²) in [4.78, 5) is 29.4. The summed E-state index contributed by atoms with van der Waals surface area (Å²) in [5.41, 5.74) is 1.29. The lowest BCUT2D eigenvalue weighted by molar-refractivity contribution is -0.139. The molecular weight excluding hydrogens is 566 g/mol. The van der Waals surface area contributed by atoms with Gasteiger partial charge in [0.2, 0.25) is 11.8 Å². The number of fused-ring (bicyclic) bond motifs is 1. The Morgan fingerprint density at radius 2 is 1.56 bits per heavy atom. The largest absolute Gasteiger partial charge is 0.486 e. The van der Waals surface area contributed by atoms with Gasteiger partial charge < -0.3 is 19.7 Å². The van der Waals surface area contributed by atoms with E-state index in [0.717, 1.165) is 35.6 Å². The zero-order chi connectivity index (χ0) is 30.2. The third-order valence-electron chi connectivity index (χ3n) is 8.00. The van der Waals surface area contributed by atoms with Gasteiger partial charge >= 0.3 is 0 Å². The number of carbonyl (C=O) groups is 2. The van der Waals surface area contributed by atoms with Crippen molar-refractivity contribution >= 4 is 27.5 Å². The second kappa shape index (κ2) is 13.9. The molecule has 0 saturated heterocycles. The van der Waals surface area contributed by atoms with E-state index in [0.29, 0.717) is 37.6 Å². The third kappa shape index (κ3) is 7.30. The van der Waals surface area contributed by atoms with E-state index in [2.05, 4.69) is 5.32 Å². The summed E-state index contributed by atoms with van der Waals surface area (Å²) in [6.07, 6.45) is 4.91. The Bertz CT molecular complexity index is 1490. The number of sulfonamides is 1. The van der Waals surface area contributed by atoms with Crippen LogP contribution in [-0.2, 0) is 26.0 Å². The number of amides is 2. The van der Waals surface area contributed by atoms with E-state index >= 15 is 0 Å². The maximum absolute atomic E-state index is 14.2. The van der Waals surface area contributed by atoms with Crippen LogP contribution in [0.4, 0.5) is 5.69 Å². The van der Waals surface area contributed by atoms with E-state index in [9.17, 15) is 18.0 Å². The number of hydrogen-bond donors (Lipinski definition) is 1. The topological polar surface area (TPSA) is 105 Å². The Morgan fingerprint density at radius 3 is 2.23 bits per heavy atom. The van der Waals surface area contributed by atoms with Crippen molar-refractivity contribution in [1.29, 1.82) is 0 Å². The fourth-order valence-corrected chi connectivity index (χ4v) is 7.13. The van der Waals surface area contributed by atoms with Crippen LogP contribution in [0.15, 0.2) is 83.8 Å². The Kier molecular flexibility index (Phi) is 9.86. The van der Waals surface area contributed by atoms with Gasteiger partial charge in [0, 0.05) is 18.7 Å². The maximum Gasteiger partial charge on any atom is 0.264 e. The van der Waals surface area contributed by atoms with Crippen LogP contribution in [0.2, 0.25) is 0 Å². The van der Waals surface area contributed by atoms with Gasteiger partial charge in [-0.15, -0.1) is 0 Å². The molecule has 9 nitrogen and oxygen atoms in total. The van der Waals surface area contributed by atoms with E-state index in [-0.39, 0.29) is 29.1 Å². The normalized spacial score (nSPS) is 15.5. The number of ether oxygens (including phenoxy) is 2. The maximum atomic E-state index is 14.2. The summed E-state index contributed by atoms with van der Waals surface area (Å²) >= 11 is 0. The first kappa shape index (κ1) is 30.4. The van der Waals surface area contributed by atoms with Crippen LogP contribution in [0.3, 0.4) is 0 Å². The number of benzene rings is 3. The number of nitrogens with zero attached hydrogens (tertiary/aromatic N) is 2. The van der Waals surface area contributed by atoms with E-state index in [1.807, 2.05) is 37.3 Å². The van der Waals surface area contributed by atoms with Crippen LogP contribution in [0.1, 0.15) is 44.6 Å². The molecule has 5 rings (SSSR count). The molecule has 0 aromatic heterocycles. The number of hydrogen-bond acceptors (Lipinski definition) is 6. The second-order valence-corrected chi connectivity index (χ2v) is 12.8. The molecule has 1 aliphatic heterocycles. The van der Waals surface area contributed by atoms with Gasteiger partial charge in [0.15, 0.2) is 11.5 Å². The Hall–Kier alpha value is -4.05. The van der Waals surface area contributed by atoms with Crippen molar-refractivity contribution in [3.05, 3.63) is 84.4 Å². The van der Waals surface area contributed by atoms with Crippen molar-refractivity contribution in [2.45, 2.75) is 62.4 Å². The molecule has 0 radical (unpaired) electrons. The second-order valence-electron chi connectivity index (χ2n) is 10.9. The minimum absolute atomic E-state index is 0.0551. The molecule has 0 spiro atoms. The molecule has 1 atom stereocenters. The van der Waals surface area contributed by atoms with Gasteiger partial charge in [0.25, 0.3) is 10.0 Å². The molecule has 1 aliphatic carbocycles. The Labute approximate surface area is 253 Å². The van der Waals surface area contributed by atoms with E-state index in [1.54, 1.807) is 41.3 Å². The molecule has 2 aliphatic rings. The predicted molar refractivity (Wildman–Crippen MR) is 165 cm³/mol. The standard InChI is InChI=1S/C33H39N3O6S/c1-2-29(33(38)34-26-13-9-10-14-26)35(20-19-25-11-5-3-6-12-25)32(37)24-36(43(39,40)28-15-7-4-8-16-28)27-17-18-30-31(23-27)42-22-21-41-30/h3-8,11-12,15-18,23,26,29H,2,9-10,13-14,19-22,24H2,1H3,(H,34,38). The van der Waals surface area contributed by atoms with E-state index < -0.39 is 28.5 Å². The molecular formula is C33H39N3O6S. The average Bonchev–Trinajstić information content (AvgIpc) is 3.55. The van der Waals surface area contributed by atoms with Gasteiger partial charge in [-0.3, -0.25) is 13.9 Å². The first-order valence-corrected chi connectivity index (χ1v) is 16.4. The molecule has 1 unspecified atom stereocenters. The van der Waals surface area contributed by atoms with Crippen molar-refractivity contribution in [2.75, 3.05) is 30.6 Å². The monoisotopic (exact) mass is 605 g/mol. The quantitative estimate of drug-likeness (QED) is 0.325. The summed E-state index contributed by atoms with van der Waals surface area (Å²) < 4.78 is 40.6. The van der Waals surface area contributed by atoms with Crippen molar-refractivity contribution in [2.24, 2.45) is 0 Å². The lowest BCUT2D eigenvalue weighted by Crippen LogP contribution is -2.54. The van der Waals surface area contributed by atoms with Crippen LogP contribution < -0.4 is 19.1 Å². The summed E-state index contributed by atoms with van der Waals surface area (Å²) in [6.45, 7) is 2.39. The zero-order valence-corrected chi connectivity index (χ0v) is 25.3. The van der Waals surface area contributed by atoms with E-state index in [1.165, 1.54) is 12.1 Å². The molecule has 1 heterocycles. The highest BCUT2D eigenvalue weighted by molar-refractivity contribution is 7.92. The predicted octanol–water partition coefficient (Wildman–Crippen LogP) is 4.56. The van der Waals surface area contributed by atoms with Gasteiger partial charge in [0.1, 0.15) is 25.8 Å². The molecule has 1 N–H and O–H groups in total. The van der Waals surface area contributed by atoms with Crippen molar-refractivity contribution < 1.29 is 27.5 Å². The Balaban J connectivity index is 1.48. The molecule has 43 heavy (non-hydrogen) atoms. The van der Waals surface area contributed by atoms with Crippen LogP contribution >= 0.6 is 0 Å². The molecule has 228 valence electrons. The van der Waals surface area contributed by atoms with Crippen molar-refractivity contribution in [1.82, 2.24) is 10.2 Å². The Morgan fingerprint density at radius 1 is 0.907 bits per heavy atom. The molecule has 0 bridgehead atoms. The summed E-state index contributed by atoms with van der Waals surface area (Å²) in [5.74, 6) is 0.261. The fraction of sp³-hybridized carbons (Fsp3) is 0.394. The summed E-state index contributed by atoms with van der Waals surface area (Å²) in [6, 6.07) is 22.0. The average molecular weight is 606 g/mol. The van der Waals surface area contributed by atoms with Crippen LogP contribution in [0, 0.1) is 0 Å². The first-order valence-electron chi connectivity index (χ1n) is 15.0. The minimum Gasteiger partial charge on any atom is -0.486 e. The molecule has 10 heteroatoms. The molecule has 3 aromatic carbocycles. The molecule has 2 amide bonds. The molecule has 1 saturated carbocycles. The lowest BCUT2D eigenvalue weighted by atomic mass is 10.1. The van der Waals surface area contributed by atoms with Gasteiger partial charge in [-0.2, -0.15) is 0 Å². The smallest absolute Gasteiger partial charge is 0.264 e.